The fraction of sp³-hybridized carbons (Fsp3) is 0.304. The minimum atomic E-state index is -0.691. The molecule has 2 aliphatic rings. The molecule has 0 N–H and O–H groups in total. The van der Waals surface area contributed by atoms with Gasteiger partial charge in [-0.15, -0.1) is 0 Å². The average Bonchev–Trinajstić information content (AvgIpc) is 3.03. The molecule has 2 fully saturated rings. The van der Waals surface area contributed by atoms with Gasteiger partial charge in [-0.25, -0.2) is 5.01 Å². The quantitative estimate of drug-likeness (QED) is 0.264. The van der Waals surface area contributed by atoms with E-state index >= 15 is 0 Å². The molecule has 10 heteroatoms. The van der Waals surface area contributed by atoms with Crippen molar-refractivity contribution in [2.75, 3.05) is 6.54 Å². The molecule has 0 spiro atoms. The number of halogens is 4. The van der Waals surface area contributed by atoms with E-state index in [1.807, 2.05) is 0 Å². The van der Waals surface area contributed by atoms with Gasteiger partial charge >= 0.3 is 0 Å². The Kier molecular flexibility index (Phi) is 7.29. The van der Waals surface area contributed by atoms with Gasteiger partial charge in [0.15, 0.2) is 5.78 Å². The molecule has 2 aromatic rings. The molecule has 6 nitrogen and oxygen atoms in total. The zero-order chi connectivity index (χ0) is 23.9. The molecule has 1 aliphatic heterocycles. The first kappa shape index (κ1) is 24.4. The summed E-state index contributed by atoms with van der Waals surface area (Å²) in [6.45, 7) is -0.477. The summed E-state index contributed by atoms with van der Waals surface area (Å²) in [6, 6.07) is 12.6. The summed E-state index contributed by atoms with van der Waals surface area (Å²) in [4.78, 5) is 53.2. The first-order chi connectivity index (χ1) is 15.7. The number of ketones is 1. The van der Waals surface area contributed by atoms with Gasteiger partial charge in [0.2, 0.25) is 0 Å². The van der Waals surface area contributed by atoms with E-state index in [-0.39, 0.29) is 25.3 Å². The molecule has 4 atom stereocenters. The number of alkyl halides is 2. The predicted molar refractivity (Wildman–Crippen MR) is 132 cm³/mol. The van der Waals surface area contributed by atoms with Crippen molar-refractivity contribution in [3.8, 4) is 0 Å². The van der Waals surface area contributed by atoms with Crippen LogP contribution in [0.1, 0.15) is 33.6 Å². The molecule has 172 valence electrons. The molecule has 1 saturated carbocycles. The van der Waals surface area contributed by atoms with Crippen LogP contribution in [0.2, 0.25) is 10.0 Å². The Morgan fingerprint density at radius 2 is 1.45 bits per heavy atom. The Morgan fingerprint density at radius 3 is 2.00 bits per heavy atom. The fourth-order valence-corrected chi connectivity index (χ4v) is 5.71. The highest BCUT2D eigenvalue weighted by atomic mass is 79.9. The summed E-state index contributed by atoms with van der Waals surface area (Å²) in [5.41, 5.74) is 0.472. The lowest BCUT2D eigenvalue weighted by Crippen LogP contribution is -2.52. The predicted octanol–water partition coefficient (Wildman–Crippen LogP) is 5.16. The molecule has 2 aromatic carbocycles. The molecule has 1 aliphatic carbocycles. The van der Waals surface area contributed by atoms with Crippen molar-refractivity contribution in [2.24, 2.45) is 11.8 Å². The zero-order valence-corrected chi connectivity index (χ0v) is 21.8. The normalized spacial score (nSPS) is 24.5. The van der Waals surface area contributed by atoms with Crippen LogP contribution in [0.5, 0.6) is 0 Å². The monoisotopic (exact) mass is 614 g/mol. The third-order valence-corrected chi connectivity index (χ3v) is 9.39. The summed E-state index contributed by atoms with van der Waals surface area (Å²) in [6.07, 6.45) is 0.895. The minimum absolute atomic E-state index is 0.0145. The molecule has 0 unspecified atom stereocenters. The van der Waals surface area contributed by atoms with Gasteiger partial charge in [-0.05, 0) is 31.0 Å². The molecule has 4 rings (SSSR count). The number of benzene rings is 2. The van der Waals surface area contributed by atoms with Crippen molar-refractivity contribution < 1.29 is 19.2 Å². The third kappa shape index (κ3) is 4.76. The van der Waals surface area contributed by atoms with Crippen molar-refractivity contribution >= 4 is 78.6 Å². The van der Waals surface area contributed by atoms with Gasteiger partial charge in [-0.1, -0.05) is 85.4 Å². The van der Waals surface area contributed by atoms with Crippen molar-refractivity contribution in [2.45, 2.75) is 22.5 Å². The Morgan fingerprint density at radius 1 is 0.879 bits per heavy atom. The second-order valence-corrected chi connectivity index (χ2v) is 11.2. The summed E-state index contributed by atoms with van der Waals surface area (Å²) >= 11 is 19.2. The third-order valence-electron chi connectivity index (χ3n) is 5.92. The molecule has 0 bridgehead atoms. The first-order valence-corrected chi connectivity index (χ1v) is 12.8. The number of carbonyl (C=O) groups is 4. The molecule has 1 heterocycles. The van der Waals surface area contributed by atoms with E-state index in [1.54, 1.807) is 30.3 Å². The van der Waals surface area contributed by atoms with E-state index in [4.69, 9.17) is 23.2 Å². The molecule has 0 aromatic heterocycles. The Balaban J connectivity index is 1.71. The number of rotatable bonds is 5. The lowest BCUT2D eigenvalue weighted by atomic mass is 9.81. The number of imide groups is 1. The molecular formula is C23H18Br2Cl2N2O4. The number of Topliss-reactive ketones (excluding diaryl/α,β-unsaturated/α-hetero) is 1. The van der Waals surface area contributed by atoms with E-state index in [0.29, 0.717) is 18.4 Å². The van der Waals surface area contributed by atoms with Crippen LogP contribution in [0, 0.1) is 11.8 Å². The number of carbonyl (C=O) groups excluding carboxylic acids is 4. The Hall–Kier alpha value is -1.74. The van der Waals surface area contributed by atoms with E-state index in [1.165, 1.54) is 18.2 Å². The number of hydrogen-bond acceptors (Lipinski definition) is 4. The number of hydrogen-bond donors (Lipinski definition) is 0. The maximum Gasteiger partial charge on any atom is 0.273 e. The summed E-state index contributed by atoms with van der Waals surface area (Å²) < 4.78 is 0. The van der Waals surface area contributed by atoms with Crippen molar-refractivity contribution in [3.05, 3.63) is 69.7 Å². The average molecular weight is 617 g/mol. The smallest absolute Gasteiger partial charge is 0.273 e. The molecular weight excluding hydrogens is 599 g/mol. The number of nitrogens with zero attached hydrogens (tertiary/aromatic N) is 2. The maximum absolute atomic E-state index is 13.5. The highest BCUT2D eigenvalue weighted by molar-refractivity contribution is 9.12. The van der Waals surface area contributed by atoms with Crippen LogP contribution in [0.25, 0.3) is 0 Å². The van der Waals surface area contributed by atoms with Crippen LogP contribution in [-0.2, 0) is 9.59 Å². The van der Waals surface area contributed by atoms with Gasteiger partial charge in [-0.3, -0.25) is 19.2 Å². The van der Waals surface area contributed by atoms with E-state index in [9.17, 15) is 19.2 Å². The van der Waals surface area contributed by atoms with Crippen LogP contribution in [0.4, 0.5) is 0 Å². The highest BCUT2D eigenvalue weighted by Gasteiger charge is 2.54. The number of amides is 3. The van der Waals surface area contributed by atoms with Crippen molar-refractivity contribution in [1.82, 2.24) is 10.0 Å². The summed E-state index contributed by atoms with van der Waals surface area (Å²) in [5, 5.41) is 2.19. The lowest BCUT2D eigenvalue weighted by molar-refractivity contribution is -0.154. The second kappa shape index (κ2) is 9.86. The van der Waals surface area contributed by atoms with Gasteiger partial charge < -0.3 is 0 Å². The van der Waals surface area contributed by atoms with Crippen LogP contribution in [0.3, 0.4) is 0 Å². The van der Waals surface area contributed by atoms with Gasteiger partial charge in [0.1, 0.15) is 6.54 Å². The lowest BCUT2D eigenvalue weighted by Gasteiger charge is -2.30. The Bertz CT molecular complexity index is 1100. The van der Waals surface area contributed by atoms with Crippen LogP contribution < -0.4 is 0 Å². The van der Waals surface area contributed by atoms with E-state index in [2.05, 4.69) is 31.9 Å². The molecule has 33 heavy (non-hydrogen) atoms. The Labute approximate surface area is 217 Å². The standard InChI is InChI=1S/C23H18Br2Cl2N2O4/c24-16-9-14-15(10-17(16)25)23(33)29(22(14)32)28(11-20(30)12-4-2-1-3-5-12)21(31)13-6-7-18(26)19(27)8-13/h1-8,14-17H,9-11H2/t14-,15-,16+,17+/m1/s1. The van der Waals surface area contributed by atoms with E-state index in [0.717, 1.165) is 10.0 Å². The van der Waals surface area contributed by atoms with Crippen molar-refractivity contribution in [3.63, 3.8) is 0 Å². The number of hydrazine groups is 1. The summed E-state index contributed by atoms with van der Waals surface area (Å²) in [5.74, 6) is -3.19. The highest BCUT2D eigenvalue weighted by Crippen LogP contribution is 2.43. The van der Waals surface area contributed by atoms with Crippen LogP contribution >= 0.6 is 55.1 Å². The topological polar surface area (TPSA) is 74.8 Å². The zero-order valence-electron chi connectivity index (χ0n) is 17.1. The van der Waals surface area contributed by atoms with E-state index < -0.39 is 41.9 Å². The van der Waals surface area contributed by atoms with Gasteiger partial charge in [-0.2, -0.15) is 5.01 Å². The van der Waals surface area contributed by atoms with Gasteiger partial charge in [0, 0.05) is 20.8 Å². The fourth-order valence-electron chi connectivity index (χ4n) is 4.18. The molecule has 1 saturated heterocycles. The second-order valence-electron chi connectivity index (χ2n) is 7.99. The maximum atomic E-state index is 13.5. The number of fused-ring (bicyclic) bond motifs is 1. The molecule has 0 radical (unpaired) electrons. The van der Waals surface area contributed by atoms with Crippen molar-refractivity contribution in [1.29, 1.82) is 0 Å². The minimum Gasteiger partial charge on any atom is -0.292 e. The SMILES string of the molecule is O=C(CN(C(=O)c1ccc(Cl)c(Cl)c1)N1C(=O)[C@@H]2C[C@H](Br)[C@@H](Br)C[C@H]2C1=O)c1ccccc1. The van der Waals surface area contributed by atoms with Gasteiger partial charge in [0.05, 0.1) is 21.9 Å². The molecule has 3 amide bonds. The largest absolute Gasteiger partial charge is 0.292 e. The summed E-state index contributed by atoms with van der Waals surface area (Å²) in [7, 11) is 0. The first-order valence-electron chi connectivity index (χ1n) is 10.2. The van der Waals surface area contributed by atoms with Crippen LogP contribution in [0.15, 0.2) is 48.5 Å². The van der Waals surface area contributed by atoms with Gasteiger partial charge in [0.25, 0.3) is 17.7 Å². The van der Waals surface area contributed by atoms with Crippen LogP contribution in [-0.4, -0.2) is 49.7 Å².